The number of para-hydroxylation sites is 2. The maximum atomic E-state index is 13.3. The van der Waals surface area contributed by atoms with Crippen LogP contribution in [0.4, 0.5) is 5.95 Å². The molecule has 10 heteroatoms. The molecular weight excluding hydrogens is 408 g/mol. The molecule has 3 aromatic rings. The Morgan fingerprint density at radius 3 is 2.77 bits per heavy atom. The summed E-state index contributed by atoms with van der Waals surface area (Å²) in [5, 5.41) is 2.72. The van der Waals surface area contributed by atoms with E-state index in [-0.39, 0.29) is 11.4 Å². The van der Waals surface area contributed by atoms with Gasteiger partial charge in [-0.05, 0) is 37.1 Å². The van der Waals surface area contributed by atoms with Crippen molar-refractivity contribution >= 4 is 32.9 Å². The van der Waals surface area contributed by atoms with Gasteiger partial charge in [0.15, 0.2) is 11.5 Å². The Morgan fingerprint density at radius 2 is 1.93 bits per heavy atom. The summed E-state index contributed by atoms with van der Waals surface area (Å²) in [7, 11) is -3.88. The van der Waals surface area contributed by atoms with Gasteiger partial charge in [0, 0.05) is 12.6 Å². The lowest BCUT2D eigenvalue weighted by molar-refractivity contribution is -0.119. The standard InChI is InChI=1S/C20H20N4O5S/c25-19(23-20-21-14-4-1-2-5-15(14)22-20)16-6-3-9-24(16)30(26,27)13-7-8-17-18(12-13)29-11-10-28-17/h1-2,4-5,7-8,12,16H,3,6,9-11H2,(H2,21,22,23,25)/t16-/m0/s1. The first kappa shape index (κ1) is 18.9. The Labute approximate surface area is 173 Å². The molecule has 30 heavy (non-hydrogen) atoms. The number of H-pyrrole nitrogens is 1. The monoisotopic (exact) mass is 428 g/mol. The lowest BCUT2D eigenvalue weighted by atomic mass is 10.2. The van der Waals surface area contributed by atoms with Crippen molar-refractivity contribution < 1.29 is 22.7 Å². The minimum absolute atomic E-state index is 0.0789. The van der Waals surface area contributed by atoms with Crippen molar-refractivity contribution in [2.24, 2.45) is 0 Å². The molecule has 2 N–H and O–H groups in total. The molecule has 0 radical (unpaired) electrons. The van der Waals surface area contributed by atoms with Crippen molar-refractivity contribution in [3.8, 4) is 11.5 Å². The molecule has 1 aromatic heterocycles. The molecule has 0 aliphatic carbocycles. The molecule has 0 saturated carbocycles. The Bertz CT molecular complexity index is 1190. The highest BCUT2D eigenvalue weighted by atomic mass is 32.2. The zero-order valence-corrected chi connectivity index (χ0v) is 16.8. The number of hydrogen-bond acceptors (Lipinski definition) is 6. The van der Waals surface area contributed by atoms with Crippen molar-refractivity contribution in [2.45, 2.75) is 23.8 Å². The molecule has 2 aromatic carbocycles. The Balaban J connectivity index is 1.39. The van der Waals surface area contributed by atoms with Crippen LogP contribution >= 0.6 is 0 Å². The van der Waals surface area contributed by atoms with Crippen molar-refractivity contribution in [3.63, 3.8) is 0 Å². The van der Waals surface area contributed by atoms with E-state index in [4.69, 9.17) is 9.47 Å². The zero-order valence-electron chi connectivity index (χ0n) is 16.0. The van der Waals surface area contributed by atoms with Gasteiger partial charge in [-0.25, -0.2) is 13.4 Å². The van der Waals surface area contributed by atoms with Crippen LogP contribution in [0.2, 0.25) is 0 Å². The maximum Gasteiger partial charge on any atom is 0.245 e. The predicted octanol–water partition coefficient (Wildman–Crippen LogP) is 2.13. The number of nitrogens with zero attached hydrogens (tertiary/aromatic N) is 2. The van der Waals surface area contributed by atoms with E-state index in [9.17, 15) is 13.2 Å². The second kappa shape index (κ2) is 7.29. The lowest BCUT2D eigenvalue weighted by Gasteiger charge is -2.24. The molecule has 9 nitrogen and oxygen atoms in total. The lowest BCUT2D eigenvalue weighted by Crippen LogP contribution is -2.43. The van der Waals surface area contributed by atoms with Gasteiger partial charge in [0.05, 0.1) is 15.9 Å². The molecule has 5 rings (SSSR count). The number of amides is 1. The molecule has 3 heterocycles. The van der Waals surface area contributed by atoms with Crippen LogP contribution in [-0.2, 0) is 14.8 Å². The van der Waals surface area contributed by atoms with Crippen LogP contribution in [0.25, 0.3) is 11.0 Å². The van der Waals surface area contributed by atoms with E-state index in [1.54, 1.807) is 6.07 Å². The van der Waals surface area contributed by atoms with Gasteiger partial charge in [0.2, 0.25) is 21.9 Å². The van der Waals surface area contributed by atoms with Gasteiger partial charge >= 0.3 is 0 Å². The maximum absolute atomic E-state index is 13.3. The van der Waals surface area contributed by atoms with Crippen LogP contribution in [0.3, 0.4) is 0 Å². The third-order valence-electron chi connectivity index (χ3n) is 5.26. The quantitative estimate of drug-likeness (QED) is 0.658. The summed E-state index contributed by atoms with van der Waals surface area (Å²) in [5.41, 5.74) is 1.51. The molecule has 0 spiro atoms. The minimum Gasteiger partial charge on any atom is -0.486 e. The van der Waals surface area contributed by atoms with E-state index in [1.165, 1.54) is 16.4 Å². The molecule has 2 aliphatic rings. The highest BCUT2D eigenvalue weighted by Gasteiger charge is 2.40. The van der Waals surface area contributed by atoms with Crippen LogP contribution in [0.15, 0.2) is 47.4 Å². The Morgan fingerprint density at radius 1 is 1.13 bits per heavy atom. The van der Waals surface area contributed by atoms with Crippen molar-refractivity contribution in [3.05, 3.63) is 42.5 Å². The number of anilines is 1. The number of ether oxygens (including phenoxy) is 2. The van der Waals surface area contributed by atoms with Gasteiger partial charge in [-0.3, -0.25) is 10.1 Å². The van der Waals surface area contributed by atoms with E-state index >= 15 is 0 Å². The first-order valence-electron chi connectivity index (χ1n) is 9.69. The van der Waals surface area contributed by atoms with E-state index in [2.05, 4.69) is 15.3 Å². The number of aromatic nitrogens is 2. The van der Waals surface area contributed by atoms with Crippen LogP contribution < -0.4 is 14.8 Å². The summed E-state index contributed by atoms with van der Waals surface area (Å²) in [5.74, 6) is 0.794. The van der Waals surface area contributed by atoms with Gasteiger partial charge in [0.25, 0.3) is 0 Å². The number of aromatic amines is 1. The number of imidazole rings is 1. The first-order valence-corrected chi connectivity index (χ1v) is 11.1. The summed E-state index contributed by atoms with van der Waals surface area (Å²) < 4.78 is 38.7. The van der Waals surface area contributed by atoms with Crippen LogP contribution in [0.5, 0.6) is 11.5 Å². The highest BCUT2D eigenvalue weighted by Crippen LogP contribution is 2.35. The Hall–Kier alpha value is -3.11. The number of nitrogens with one attached hydrogen (secondary N) is 2. The fourth-order valence-corrected chi connectivity index (χ4v) is 5.49. The molecule has 2 aliphatic heterocycles. The Kier molecular flexibility index (Phi) is 4.59. The average molecular weight is 428 g/mol. The second-order valence-electron chi connectivity index (χ2n) is 7.17. The van der Waals surface area contributed by atoms with Gasteiger partial charge in [-0.2, -0.15) is 4.31 Å². The number of rotatable bonds is 4. The zero-order chi connectivity index (χ0) is 20.7. The van der Waals surface area contributed by atoms with Gasteiger partial charge in [-0.15, -0.1) is 0 Å². The molecule has 1 saturated heterocycles. The van der Waals surface area contributed by atoms with Crippen molar-refractivity contribution in [2.75, 3.05) is 25.1 Å². The molecular formula is C20H20N4O5S. The molecule has 1 fully saturated rings. The summed E-state index contributed by atoms with van der Waals surface area (Å²) in [6, 6.07) is 11.1. The molecule has 1 amide bonds. The largest absolute Gasteiger partial charge is 0.486 e. The highest BCUT2D eigenvalue weighted by molar-refractivity contribution is 7.89. The topological polar surface area (TPSA) is 114 Å². The average Bonchev–Trinajstić information content (AvgIpc) is 3.40. The number of benzene rings is 2. The van der Waals surface area contributed by atoms with Crippen LogP contribution in [0.1, 0.15) is 12.8 Å². The van der Waals surface area contributed by atoms with Gasteiger partial charge in [-0.1, -0.05) is 12.1 Å². The summed E-state index contributed by atoms with van der Waals surface area (Å²) in [6.45, 7) is 1.06. The number of carbonyl (C=O) groups excluding carboxylic acids is 1. The number of hydrogen-bond donors (Lipinski definition) is 2. The third kappa shape index (κ3) is 3.27. The van der Waals surface area contributed by atoms with E-state index in [1.807, 2.05) is 24.3 Å². The summed E-state index contributed by atoms with van der Waals surface area (Å²) in [4.78, 5) is 20.3. The third-order valence-corrected chi connectivity index (χ3v) is 7.16. The SMILES string of the molecule is O=C(Nc1nc2ccccc2[nH]1)[C@@H]1CCCN1S(=O)(=O)c1ccc2c(c1)OCCO2. The minimum atomic E-state index is -3.88. The second-order valence-corrected chi connectivity index (χ2v) is 9.06. The van der Waals surface area contributed by atoms with E-state index < -0.39 is 22.0 Å². The fourth-order valence-electron chi connectivity index (χ4n) is 3.82. The number of sulfonamides is 1. The predicted molar refractivity (Wildman–Crippen MR) is 109 cm³/mol. The van der Waals surface area contributed by atoms with Gasteiger partial charge in [0.1, 0.15) is 19.3 Å². The first-order chi connectivity index (χ1) is 14.5. The molecule has 0 unspecified atom stereocenters. The summed E-state index contributed by atoms with van der Waals surface area (Å²) in [6.07, 6.45) is 1.04. The van der Waals surface area contributed by atoms with Crippen LogP contribution in [-0.4, -0.2) is 54.4 Å². The number of carbonyl (C=O) groups is 1. The molecule has 156 valence electrons. The summed E-state index contributed by atoms with van der Waals surface area (Å²) >= 11 is 0. The van der Waals surface area contributed by atoms with Crippen LogP contribution in [0, 0.1) is 0 Å². The smallest absolute Gasteiger partial charge is 0.245 e. The normalized spacial score (nSPS) is 19.1. The van der Waals surface area contributed by atoms with E-state index in [0.717, 1.165) is 11.0 Å². The van der Waals surface area contributed by atoms with Crippen molar-refractivity contribution in [1.29, 1.82) is 0 Å². The van der Waals surface area contributed by atoms with E-state index in [0.29, 0.717) is 43.5 Å². The fraction of sp³-hybridized carbons (Fsp3) is 0.300. The molecule has 1 atom stereocenters. The van der Waals surface area contributed by atoms with Gasteiger partial charge < -0.3 is 14.5 Å². The van der Waals surface area contributed by atoms with Crippen molar-refractivity contribution in [1.82, 2.24) is 14.3 Å². The molecule has 0 bridgehead atoms. The number of fused-ring (bicyclic) bond motifs is 2.